The van der Waals surface area contributed by atoms with Crippen molar-refractivity contribution >= 4 is 23.4 Å². The molecule has 154 valence electrons. The smallest absolute Gasteiger partial charge is 0.253 e. The van der Waals surface area contributed by atoms with Gasteiger partial charge >= 0.3 is 0 Å². The molecule has 2 aromatic carbocycles. The largest absolute Gasteiger partial charge is 0.338 e. The molecule has 1 aliphatic heterocycles. The molecule has 6 heteroatoms. The van der Waals surface area contributed by atoms with Crippen molar-refractivity contribution in [3.05, 3.63) is 70.7 Å². The first kappa shape index (κ1) is 21.3. The van der Waals surface area contributed by atoms with Gasteiger partial charge in [0.05, 0.1) is 6.54 Å². The molecule has 1 fully saturated rings. The SMILES string of the molecule is CCN(Cc1ccccc1)C(=O)CN1CCCN(C(=O)c2cccc(Cl)c2)CC1. The van der Waals surface area contributed by atoms with Gasteiger partial charge < -0.3 is 9.80 Å². The normalized spacial score (nSPS) is 15.0. The Bertz CT molecular complexity index is 828. The Morgan fingerprint density at radius 1 is 1.00 bits per heavy atom. The molecule has 0 aliphatic carbocycles. The zero-order chi connectivity index (χ0) is 20.6. The maximum atomic E-state index is 12.8. The summed E-state index contributed by atoms with van der Waals surface area (Å²) < 4.78 is 0. The molecule has 2 aromatic rings. The van der Waals surface area contributed by atoms with Crippen molar-refractivity contribution in [3.8, 4) is 0 Å². The average Bonchev–Trinajstić information content (AvgIpc) is 2.97. The summed E-state index contributed by atoms with van der Waals surface area (Å²) in [5, 5.41) is 0.566. The monoisotopic (exact) mass is 413 g/mol. The van der Waals surface area contributed by atoms with E-state index in [9.17, 15) is 9.59 Å². The van der Waals surface area contributed by atoms with Crippen LogP contribution in [-0.4, -0.2) is 65.8 Å². The van der Waals surface area contributed by atoms with Crippen LogP contribution in [0.1, 0.15) is 29.3 Å². The fraction of sp³-hybridized carbons (Fsp3) is 0.391. The standard InChI is InChI=1S/C23H28ClN3O2/c1-2-26(17-19-8-4-3-5-9-19)22(28)18-25-12-7-13-27(15-14-25)23(29)20-10-6-11-21(24)16-20/h3-6,8-11,16H,2,7,12-15,17-18H2,1H3. The minimum Gasteiger partial charge on any atom is -0.338 e. The summed E-state index contributed by atoms with van der Waals surface area (Å²) in [5.41, 5.74) is 1.75. The predicted octanol–water partition coefficient (Wildman–Crippen LogP) is 3.54. The van der Waals surface area contributed by atoms with Crippen LogP contribution in [0.25, 0.3) is 0 Å². The number of hydrogen-bond donors (Lipinski definition) is 0. The molecule has 0 saturated carbocycles. The average molecular weight is 414 g/mol. The van der Waals surface area contributed by atoms with Crippen LogP contribution in [0.15, 0.2) is 54.6 Å². The molecule has 0 bridgehead atoms. The number of halogens is 1. The summed E-state index contributed by atoms with van der Waals surface area (Å²) in [4.78, 5) is 31.5. The molecule has 0 radical (unpaired) electrons. The highest BCUT2D eigenvalue weighted by Crippen LogP contribution is 2.14. The third kappa shape index (κ3) is 6.05. The fourth-order valence-electron chi connectivity index (χ4n) is 3.61. The number of hydrogen-bond acceptors (Lipinski definition) is 3. The second-order valence-electron chi connectivity index (χ2n) is 7.33. The Hall–Kier alpha value is -2.37. The van der Waals surface area contributed by atoms with Crippen molar-refractivity contribution in [1.82, 2.24) is 14.7 Å². The van der Waals surface area contributed by atoms with Crippen molar-refractivity contribution in [2.24, 2.45) is 0 Å². The van der Waals surface area contributed by atoms with Crippen molar-refractivity contribution in [3.63, 3.8) is 0 Å². The van der Waals surface area contributed by atoms with Gasteiger partial charge in [-0.1, -0.05) is 48.0 Å². The molecule has 0 atom stereocenters. The third-order valence-electron chi connectivity index (χ3n) is 5.26. The van der Waals surface area contributed by atoms with Crippen LogP contribution < -0.4 is 0 Å². The molecule has 1 heterocycles. The number of carbonyl (C=O) groups is 2. The van der Waals surface area contributed by atoms with Gasteiger partial charge in [-0.2, -0.15) is 0 Å². The van der Waals surface area contributed by atoms with E-state index in [-0.39, 0.29) is 11.8 Å². The summed E-state index contributed by atoms with van der Waals surface area (Å²) in [6.45, 7) is 6.52. The maximum Gasteiger partial charge on any atom is 0.253 e. The van der Waals surface area contributed by atoms with Crippen molar-refractivity contribution in [1.29, 1.82) is 0 Å². The summed E-state index contributed by atoms with van der Waals surface area (Å²) in [5.74, 6) is 0.130. The van der Waals surface area contributed by atoms with E-state index in [0.717, 1.165) is 18.5 Å². The quantitative estimate of drug-likeness (QED) is 0.727. The second-order valence-corrected chi connectivity index (χ2v) is 7.76. The second kappa shape index (κ2) is 10.4. The van der Waals surface area contributed by atoms with Crippen molar-refractivity contribution in [2.75, 3.05) is 39.3 Å². The molecule has 0 N–H and O–H groups in total. The van der Waals surface area contributed by atoms with E-state index in [1.165, 1.54) is 0 Å². The topological polar surface area (TPSA) is 43.9 Å². The van der Waals surface area contributed by atoms with E-state index in [1.807, 2.05) is 47.1 Å². The predicted molar refractivity (Wildman–Crippen MR) is 116 cm³/mol. The lowest BCUT2D eigenvalue weighted by atomic mass is 10.2. The van der Waals surface area contributed by atoms with Crippen molar-refractivity contribution in [2.45, 2.75) is 19.9 Å². The lowest BCUT2D eigenvalue weighted by Gasteiger charge is -2.26. The first-order valence-corrected chi connectivity index (χ1v) is 10.5. The van der Waals surface area contributed by atoms with Gasteiger partial charge in [0.15, 0.2) is 0 Å². The lowest BCUT2D eigenvalue weighted by Crippen LogP contribution is -2.41. The van der Waals surface area contributed by atoms with Gasteiger partial charge in [0.1, 0.15) is 0 Å². The summed E-state index contributed by atoms with van der Waals surface area (Å²) >= 11 is 6.02. The molecule has 1 saturated heterocycles. The molecule has 29 heavy (non-hydrogen) atoms. The maximum absolute atomic E-state index is 12.8. The first-order valence-electron chi connectivity index (χ1n) is 10.2. The van der Waals surface area contributed by atoms with E-state index < -0.39 is 0 Å². The number of rotatable bonds is 6. The zero-order valence-electron chi connectivity index (χ0n) is 16.9. The number of carbonyl (C=O) groups excluding carboxylic acids is 2. The van der Waals surface area contributed by atoms with Gasteiger partial charge in [-0.25, -0.2) is 0 Å². The van der Waals surface area contributed by atoms with Crippen LogP contribution in [0.4, 0.5) is 0 Å². The third-order valence-corrected chi connectivity index (χ3v) is 5.49. The molecule has 0 aromatic heterocycles. The van der Waals surface area contributed by atoms with Crippen LogP contribution in [0.2, 0.25) is 5.02 Å². The van der Waals surface area contributed by atoms with Crippen molar-refractivity contribution < 1.29 is 9.59 Å². The Morgan fingerprint density at radius 3 is 2.52 bits per heavy atom. The number of amides is 2. The van der Waals surface area contributed by atoms with Crippen LogP contribution in [0.3, 0.4) is 0 Å². The van der Waals surface area contributed by atoms with E-state index in [4.69, 9.17) is 11.6 Å². The molecule has 5 nitrogen and oxygen atoms in total. The minimum atomic E-state index is -0.0000566. The summed E-state index contributed by atoms with van der Waals surface area (Å²) in [6, 6.07) is 17.1. The van der Waals surface area contributed by atoms with E-state index >= 15 is 0 Å². The fourth-order valence-corrected chi connectivity index (χ4v) is 3.80. The van der Waals surface area contributed by atoms with Gasteiger partial charge in [0.25, 0.3) is 5.91 Å². The van der Waals surface area contributed by atoms with Gasteiger partial charge in [-0.15, -0.1) is 0 Å². The van der Waals surface area contributed by atoms with Crippen LogP contribution in [0.5, 0.6) is 0 Å². The number of nitrogens with zero attached hydrogens (tertiary/aromatic N) is 3. The molecule has 0 spiro atoms. The van der Waals surface area contributed by atoms with Gasteiger partial charge in [0, 0.05) is 49.9 Å². The molecular weight excluding hydrogens is 386 g/mol. The Kier molecular flexibility index (Phi) is 7.67. The molecule has 0 unspecified atom stereocenters. The minimum absolute atomic E-state index is 0.0000566. The highest BCUT2D eigenvalue weighted by Gasteiger charge is 2.23. The summed E-state index contributed by atoms with van der Waals surface area (Å²) in [6.07, 6.45) is 0.852. The lowest BCUT2D eigenvalue weighted by molar-refractivity contribution is -0.132. The van der Waals surface area contributed by atoms with Gasteiger partial charge in [-0.3, -0.25) is 14.5 Å². The van der Waals surface area contributed by atoms with Crippen LogP contribution in [0, 0.1) is 0 Å². The van der Waals surface area contributed by atoms with Crippen LogP contribution in [-0.2, 0) is 11.3 Å². The highest BCUT2D eigenvalue weighted by atomic mass is 35.5. The van der Waals surface area contributed by atoms with Gasteiger partial charge in [-0.05, 0) is 37.1 Å². The molecule has 3 rings (SSSR count). The number of benzene rings is 2. The molecular formula is C23H28ClN3O2. The van der Waals surface area contributed by atoms with E-state index in [1.54, 1.807) is 24.3 Å². The van der Waals surface area contributed by atoms with Crippen LogP contribution >= 0.6 is 11.6 Å². The Labute approximate surface area is 177 Å². The first-order chi connectivity index (χ1) is 14.1. The van der Waals surface area contributed by atoms with Gasteiger partial charge in [0.2, 0.25) is 5.91 Å². The highest BCUT2D eigenvalue weighted by molar-refractivity contribution is 6.30. The molecule has 1 aliphatic rings. The summed E-state index contributed by atoms with van der Waals surface area (Å²) in [7, 11) is 0. The number of likely N-dealkylation sites (N-methyl/N-ethyl adjacent to an activating group) is 1. The Balaban J connectivity index is 1.54. The zero-order valence-corrected chi connectivity index (χ0v) is 17.6. The molecule has 2 amide bonds. The van der Waals surface area contributed by atoms with E-state index in [2.05, 4.69) is 4.90 Å². The van der Waals surface area contributed by atoms with E-state index in [0.29, 0.717) is 49.9 Å². The Morgan fingerprint density at radius 2 is 1.79 bits per heavy atom.